The van der Waals surface area contributed by atoms with Gasteiger partial charge in [0.1, 0.15) is 0 Å². The molecule has 0 aliphatic rings. The Morgan fingerprint density at radius 2 is 2.00 bits per heavy atom. The first-order valence-electron chi connectivity index (χ1n) is 3.77. The van der Waals surface area contributed by atoms with Crippen molar-refractivity contribution in [2.75, 3.05) is 0 Å². The van der Waals surface area contributed by atoms with Gasteiger partial charge in [-0.2, -0.15) is 0 Å². The molecule has 0 unspecified atom stereocenters. The maximum atomic E-state index is 11.4. The summed E-state index contributed by atoms with van der Waals surface area (Å²) >= 11 is 1.56. The smallest absolute Gasteiger partial charge is 0.196 e. The van der Waals surface area contributed by atoms with Crippen LogP contribution < -0.4 is 5.43 Å². The predicted octanol–water partition coefficient (Wildman–Crippen LogP) is 2.57. The van der Waals surface area contributed by atoms with Gasteiger partial charge in [-0.3, -0.25) is 4.79 Å². The van der Waals surface area contributed by atoms with Crippen LogP contribution in [0.5, 0.6) is 0 Å². The number of thiophene rings is 1. The van der Waals surface area contributed by atoms with E-state index in [4.69, 9.17) is 0 Å². The van der Waals surface area contributed by atoms with Gasteiger partial charge in [-0.15, -0.1) is 11.3 Å². The summed E-state index contributed by atoms with van der Waals surface area (Å²) < 4.78 is 0.859. The van der Waals surface area contributed by atoms with Crippen molar-refractivity contribution in [1.29, 1.82) is 0 Å². The summed E-state index contributed by atoms with van der Waals surface area (Å²) in [5, 5.41) is 1.05. The predicted molar refractivity (Wildman–Crippen MR) is 52.8 cm³/mol. The highest BCUT2D eigenvalue weighted by atomic mass is 32.1. The molecule has 0 saturated carbocycles. The molecule has 1 heterocycles. The molecule has 60 valence electrons. The van der Waals surface area contributed by atoms with Crippen LogP contribution in [0.1, 0.15) is 4.88 Å². The average molecular weight is 176 g/mol. The van der Waals surface area contributed by atoms with Crippen molar-refractivity contribution < 1.29 is 0 Å². The summed E-state index contributed by atoms with van der Waals surface area (Å²) in [6.45, 7) is 2.02. The zero-order chi connectivity index (χ0) is 8.55. The van der Waals surface area contributed by atoms with Gasteiger partial charge in [0.25, 0.3) is 0 Å². The number of aryl methyl sites for hydroxylation is 1. The van der Waals surface area contributed by atoms with E-state index in [2.05, 4.69) is 0 Å². The van der Waals surface area contributed by atoms with Gasteiger partial charge in [0.2, 0.25) is 0 Å². The molecule has 0 bridgehead atoms. The zero-order valence-electron chi connectivity index (χ0n) is 6.70. The van der Waals surface area contributed by atoms with Crippen molar-refractivity contribution in [1.82, 2.24) is 0 Å². The Kier molecular flexibility index (Phi) is 1.70. The Balaban J connectivity index is 3.03. The second-order valence-corrected chi connectivity index (χ2v) is 3.98. The number of hydrogen-bond acceptors (Lipinski definition) is 2. The molecule has 1 aromatic carbocycles. The minimum absolute atomic E-state index is 0.119. The first-order valence-corrected chi connectivity index (χ1v) is 4.58. The lowest BCUT2D eigenvalue weighted by Gasteiger charge is -1.73. The van der Waals surface area contributed by atoms with Crippen molar-refractivity contribution in [2.45, 2.75) is 6.92 Å². The van der Waals surface area contributed by atoms with Crippen LogP contribution in [0, 0.1) is 6.92 Å². The Hall–Kier alpha value is -1.15. The molecule has 0 amide bonds. The molecule has 0 saturated heterocycles. The van der Waals surface area contributed by atoms with Gasteiger partial charge in [-0.05, 0) is 24.4 Å². The van der Waals surface area contributed by atoms with Crippen LogP contribution in [0.4, 0.5) is 0 Å². The second kappa shape index (κ2) is 2.72. The summed E-state index contributed by atoms with van der Waals surface area (Å²) in [5.74, 6) is 0. The van der Waals surface area contributed by atoms with Crippen LogP contribution in [0.3, 0.4) is 0 Å². The van der Waals surface area contributed by atoms with E-state index in [-0.39, 0.29) is 5.43 Å². The van der Waals surface area contributed by atoms with Gasteiger partial charge in [0, 0.05) is 4.88 Å². The van der Waals surface area contributed by atoms with E-state index in [1.807, 2.05) is 25.1 Å². The first kappa shape index (κ1) is 7.50. The average Bonchev–Trinajstić information content (AvgIpc) is 2.33. The van der Waals surface area contributed by atoms with Crippen LogP contribution in [0.15, 0.2) is 35.1 Å². The van der Waals surface area contributed by atoms with Crippen molar-refractivity contribution in [2.24, 2.45) is 0 Å². The Morgan fingerprint density at radius 3 is 2.83 bits per heavy atom. The van der Waals surface area contributed by atoms with Gasteiger partial charge in [0.15, 0.2) is 5.43 Å². The third kappa shape index (κ3) is 1.14. The second-order valence-electron chi connectivity index (χ2n) is 2.72. The summed E-state index contributed by atoms with van der Waals surface area (Å²) in [6, 6.07) is 9.31. The first-order chi connectivity index (χ1) is 5.77. The molecule has 0 spiro atoms. The van der Waals surface area contributed by atoms with Crippen LogP contribution in [-0.4, -0.2) is 0 Å². The fourth-order valence-corrected chi connectivity index (χ4v) is 2.15. The Bertz CT molecular complexity index is 470. The molecule has 2 rings (SSSR count). The summed E-state index contributed by atoms with van der Waals surface area (Å²) in [7, 11) is 0. The summed E-state index contributed by atoms with van der Waals surface area (Å²) in [5.41, 5.74) is 0.119. The van der Waals surface area contributed by atoms with E-state index in [1.54, 1.807) is 23.5 Å². The zero-order valence-corrected chi connectivity index (χ0v) is 7.52. The molecule has 0 fully saturated rings. The molecule has 1 nitrogen and oxygen atoms in total. The quantitative estimate of drug-likeness (QED) is 0.603. The largest absolute Gasteiger partial charge is 0.288 e. The molecule has 2 heteroatoms. The normalized spacial score (nSPS) is 10.4. The maximum Gasteiger partial charge on any atom is 0.196 e. The highest BCUT2D eigenvalue weighted by molar-refractivity contribution is 7.18. The highest BCUT2D eigenvalue weighted by Crippen LogP contribution is 2.20. The van der Waals surface area contributed by atoms with E-state index in [9.17, 15) is 4.79 Å². The molecule has 0 atom stereocenters. The van der Waals surface area contributed by atoms with Gasteiger partial charge in [-0.1, -0.05) is 18.2 Å². The topological polar surface area (TPSA) is 17.1 Å². The van der Waals surface area contributed by atoms with Crippen LogP contribution >= 0.6 is 11.3 Å². The Labute approximate surface area is 74.3 Å². The molecule has 0 radical (unpaired) electrons. The third-order valence-electron chi connectivity index (χ3n) is 1.74. The molecule has 0 aliphatic heterocycles. The van der Waals surface area contributed by atoms with Crippen LogP contribution in [-0.2, 0) is 0 Å². The van der Waals surface area contributed by atoms with Crippen molar-refractivity contribution in [3.05, 3.63) is 45.4 Å². The minimum atomic E-state index is 0.119. The fraction of sp³-hybridized carbons (Fsp3) is 0.100. The van der Waals surface area contributed by atoms with Crippen LogP contribution in [0.2, 0.25) is 0 Å². The van der Waals surface area contributed by atoms with Gasteiger partial charge in [0.05, 0.1) is 4.70 Å². The van der Waals surface area contributed by atoms with E-state index < -0.39 is 0 Å². The van der Waals surface area contributed by atoms with Crippen LogP contribution in [0.25, 0.3) is 10.1 Å². The molecule has 2 aromatic rings. The van der Waals surface area contributed by atoms with Gasteiger partial charge < -0.3 is 0 Å². The van der Waals surface area contributed by atoms with Crippen molar-refractivity contribution >= 4 is 21.4 Å². The molecular formula is C10H8OS. The maximum absolute atomic E-state index is 11.4. The number of hydrogen-bond donors (Lipinski definition) is 0. The molecule has 0 aliphatic carbocycles. The fourth-order valence-electron chi connectivity index (χ4n) is 1.23. The SMILES string of the molecule is Cc1cc2ccccc(=O)c2s1. The lowest BCUT2D eigenvalue weighted by molar-refractivity contribution is 1.66. The lowest BCUT2D eigenvalue weighted by Crippen LogP contribution is -1.90. The monoisotopic (exact) mass is 176 g/mol. The van der Waals surface area contributed by atoms with Gasteiger partial charge >= 0.3 is 0 Å². The number of fused-ring (bicyclic) bond motifs is 1. The van der Waals surface area contributed by atoms with E-state index in [0.29, 0.717) is 0 Å². The molecular weight excluding hydrogens is 168 g/mol. The standard InChI is InChI=1S/C10H8OS/c1-7-6-8-4-2-3-5-9(11)10(8)12-7/h2-6H,1H3. The lowest BCUT2D eigenvalue weighted by atomic mass is 10.3. The minimum Gasteiger partial charge on any atom is -0.288 e. The van der Waals surface area contributed by atoms with Gasteiger partial charge in [-0.25, -0.2) is 0 Å². The molecule has 12 heavy (non-hydrogen) atoms. The third-order valence-corrected chi connectivity index (χ3v) is 2.82. The summed E-state index contributed by atoms with van der Waals surface area (Å²) in [6.07, 6.45) is 0. The van der Waals surface area contributed by atoms with Crippen molar-refractivity contribution in [3.63, 3.8) is 0 Å². The molecule has 0 N–H and O–H groups in total. The molecule has 1 aromatic heterocycles. The number of rotatable bonds is 0. The summed E-state index contributed by atoms with van der Waals surface area (Å²) in [4.78, 5) is 12.6. The Morgan fingerprint density at radius 1 is 1.25 bits per heavy atom. The van der Waals surface area contributed by atoms with E-state index in [1.165, 1.54) is 4.88 Å². The van der Waals surface area contributed by atoms with Crippen molar-refractivity contribution in [3.8, 4) is 0 Å². The van der Waals surface area contributed by atoms with E-state index in [0.717, 1.165) is 10.1 Å². The van der Waals surface area contributed by atoms with E-state index >= 15 is 0 Å². The highest BCUT2D eigenvalue weighted by Gasteiger charge is 1.98.